The van der Waals surface area contributed by atoms with Gasteiger partial charge in [-0.25, -0.2) is 4.79 Å². The van der Waals surface area contributed by atoms with Crippen LogP contribution in [-0.4, -0.2) is 48.7 Å². The second-order valence-corrected chi connectivity index (χ2v) is 6.14. The van der Waals surface area contributed by atoms with Crippen molar-refractivity contribution < 1.29 is 32.4 Å². The minimum atomic E-state index is -5.08. The van der Waals surface area contributed by atoms with E-state index in [9.17, 15) is 13.2 Å². The lowest BCUT2D eigenvalue weighted by Crippen LogP contribution is -2.41. The summed E-state index contributed by atoms with van der Waals surface area (Å²) in [4.78, 5) is 8.90. The lowest BCUT2D eigenvalue weighted by molar-refractivity contribution is -0.192. The summed E-state index contributed by atoms with van der Waals surface area (Å²) in [5, 5.41) is 10.5. The number of nitrogens with one attached hydrogen (secondary N) is 1. The quantitative estimate of drug-likeness (QED) is 0.724. The van der Waals surface area contributed by atoms with E-state index >= 15 is 0 Å². The van der Waals surface area contributed by atoms with Gasteiger partial charge in [-0.05, 0) is 46.1 Å². The second-order valence-electron chi connectivity index (χ2n) is 6.14. The van der Waals surface area contributed by atoms with Gasteiger partial charge >= 0.3 is 19.3 Å². The molecule has 0 unspecified atom stereocenters. The summed E-state index contributed by atoms with van der Waals surface area (Å²) in [5.74, 6) is -2.76. The monoisotopic (exact) mass is 323 g/mol. The van der Waals surface area contributed by atoms with E-state index in [1.54, 1.807) is 0 Å². The van der Waals surface area contributed by atoms with Crippen LogP contribution in [0.15, 0.2) is 11.5 Å². The molecule has 2 heterocycles. The predicted molar refractivity (Wildman–Crippen MR) is 75.3 cm³/mol. The Kier molecular flexibility index (Phi) is 5.69. The molecule has 5 nitrogen and oxygen atoms in total. The Bertz CT molecular complexity index is 433. The molecule has 0 amide bonds. The number of carboxylic acid groups (broad SMARTS) is 1. The highest BCUT2D eigenvalue weighted by Crippen LogP contribution is 2.38. The molecule has 2 aliphatic rings. The topological polar surface area (TPSA) is 67.8 Å². The van der Waals surface area contributed by atoms with Crippen molar-refractivity contribution in [1.29, 1.82) is 0 Å². The lowest BCUT2D eigenvalue weighted by atomic mass is 9.76. The van der Waals surface area contributed by atoms with Gasteiger partial charge in [0, 0.05) is 6.54 Å². The Balaban J connectivity index is 0.000000295. The number of carboxylic acids is 1. The number of hydrogen-bond acceptors (Lipinski definition) is 4. The van der Waals surface area contributed by atoms with Gasteiger partial charge < -0.3 is 19.7 Å². The van der Waals surface area contributed by atoms with Crippen LogP contribution >= 0.6 is 0 Å². The molecular weight excluding hydrogens is 302 g/mol. The van der Waals surface area contributed by atoms with Gasteiger partial charge in [0.15, 0.2) is 0 Å². The lowest BCUT2D eigenvalue weighted by Gasteiger charge is -2.32. The Morgan fingerprint density at radius 1 is 1.27 bits per heavy atom. The third kappa shape index (κ3) is 4.72. The van der Waals surface area contributed by atoms with Gasteiger partial charge in [-0.3, -0.25) is 0 Å². The van der Waals surface area contributed by atoms with E-state index in [1.165, 1.54) is 5.47 Å². The molecule has 2 N–H and O–H groups in total. The Hall–Kier alpha value is -1.06. The van der Waals surface area contributed by atoms with Crippen molar-refractivity contribution >= 4 is 13.1 Å². The maximum absolute atomic E-state index is 10.6. The van der Waals surface area contributed by atoms with Crippen molar-refractivity contribution in [3.05, 3.63) is 11.5 Å². The molecule has 0 saturated carbocycles. The summed E-state index contributed by atoms with van der Waals surface area (Å²) in [7, 11) is -0.164. The SMILES string of the molecule is CC1(C)OB(C2=CCCNC2)OC1(C)C.O=C(O)C(F)(F)F. The molecule has 0 aromatic carbocycles. The fourth-order valence-corrected chi connectivity index (χ4v) is 1.84. The fraction of sp³-hybridized carbons (Fsp3) is 0.769. The van der Waals surface area contributed by atoms with Crippen molar-refractivity contribution in [2.24, 2.45) is 0 Å². The van der Waals surface area contributed by atoms with E-state index < -0.39 is 12.1 Å². The van der Waals surface area contributed by atoms with Crippen LogP contribution in [-0.2, 0) is 14.1 Å². The minimum Gasteiger partial charge on any atom is -0.475 e. The van der Waals surface area contributed by atoms with Gasteiger partial charge in [-0.1, -0.05) is 6.08 Å². The van der Waals surface area contributed by atoms with Gasteiger partial charge in [0.1, 0.15) is 0 Å². The summed E-state index contributed by atoms with van der Waals surface area (Å²) >= 11 is 0. The van der Waals surface area contributed by atoms with Gasteiger partial charge in [0.2, 0.25) is 0 Å². The van der Waals surface area contributed by atoms with Crippen LogP contribution in [0.3, 0.4) is 0 Å². The van der Waals surface area contributed by atoms with Crippen molar-refractivity contribution in [1.82, 2.24) is 5.32 Å². The summed E-state index contributed by atoms with van der Waals surface area (Å²) in [6, 6.07) is 0. The van der Waals surface area contributed by atoms with E-state index in [-0.39, 0.29) is 18.3 Å². The number of aliphatic carboxylic acids is 1. The summed E-state index contributed by atoms with van der Waals surface area (Å²) < 4.78 is 43.7. The third-order valence-corrected chi connectivity index (χ3v) is 3.86. The molecule has 0 aromatic rings. The van der Waals surface area contributed by atoms with Crippen LogP contribution in [0.25, 0.3) is 0 Å². The average molecular weight is 323 g/mol. The molecule has 2 aliphatic heterocycles. The van der Waals surface area contributed by atoms with E-state index in [4.69, 9.17) is 19.2 Å². The van der Waals surface area contributed by atoms with Crippen LogP contribution in [0.5, 0.6) is 0 Å². The van der Waals surface area contributed by atoms with Gasteiger partial charge in [-0.15, -0.1) is 0 Å². The largest absolute Gasteiger partial charge is 0.491 e. The van der Waals surface area contributed by atoms with Crippen LogP contribution in [0.1, 0.15) is 34.1 Å². The standard InChI is InChI=1S/C11H20BNO2.C2HF3O2/c1-10(2)11(3,4)15-12(14-10)9-6-5-7-13-8-9;3-2(4,5)1(6)7/h6,13H,5,7-8H2,1-4H3;(H,6,7). The number of halogens is 3. The van der Waals surface area contributed by atoms with E-state index in [1.807, 2.05) is 0 Å². The molecule has 0 spiro atoms. The zero-order valence-electron chi connectivity index (χ0n) is 13.1. The molecular formula is C13H21BF3NO4. The van der Waals surface area contributed by atoms with Gasteiger partial charge in [-0.2, -0.15) is 13.2 Å². The van der Waals surface area contributed by atoms with Crippen LogP contribution in [0.4, 0.5) is 13.2 Å². The Morgan fingerprint density at radius 3 is 2.05 bits per heavy atom. The maximum atomic E-state index is 10.6. The second kappa shape index (κ2) is 6.60. The molecule has 1 saturated heterocycles. The molecule has 9 heteroatoms. The normalized spacial score (nSPS) is 23.4. The zero-order chi connectivity index (χ0) is 17.2. The van der Waals surface area contributed by atoms with Crippen LogP contribution in [0, 0.1) is 0 Å². The molecule has 0 atom stereocenters. The highest BCUT2D eigenvalue weighted by Gasteiger charge is 2.52. The van der Waals surface area contributed by atoms with Gasteiger partial charge in [0.05, 0.1) is 11.2 Å². The van der Waals surface area contributed by atoms with Crippen LogP contribution in [0.2, 0.25) is 0 Å². The minimum absolute atomic E-state index is 0.164. The smallest absolute Gasteiger partial charge is 0.475 e. The molecule has 2 rings (SSSR count). The molecule has 0 aliphatic carbocycles. The molecule has 0 bridgehead atoms. The first-order chi connectivity index (χ1) is 9.87. The summed E-state index contributed by atoms with van der Waals surface area (Å²) in [6.45, 7) is 10.3. The predicted octanol–water partition coefficient (Wildman–Crippen LogP) is 2.17. The molecule has 0 aromatic heterocycles. The highest BCUT2D eigenvalue weighted by atomic mass is 19.4. The number of hydrogen-bond donors (Lipinski definition) is 2. The summed E-state index contributed by atoms with van der Waals surface area (Å²) in [6.07, 6.45) is -1.78. The maximum Gasteiger partial charge on any atom is 0.491 e. The first-order valence-electron chi connectivity index (χ1n) is 6.92. The van der Waals surface area contributed by atoms with E-state index in [0.717, 1.165) is 19.5 Å². The third-order valence-electron chi connectivity index (χ3n) is 3.86. The Labute approximate surface area is 128 Å². The van der Waals surface area contributed by atoms with Crippen molar-refractivity contribution in [2.45, 2.75) is 51.5 Å². The van der Waals surface area contributed by atoms with Crippen molar-refractivity contribution in [3.63, 3.8) is 0 Å². The fourth-order valence-electron chi connectivity index (χ4n) is 1.84. The van der Waals surface area contributed by atoms with Crippen molar-refractivity contribution in [3.8, 4) is 0 Å². The highest BCUT2D eigenvalue weighted by molar-refractivity contribution is 6.54. The number of carbonyl (C=O) groups is 1. The van der Waals surface area contributed by atoms with E-state index in [0.29, 0.717) is 0 Å². The average Bonchev–Trinajstić information content (AvgIpc) is 2.59. The van der Waals surface area contributed by atoms with E-state index in [2.05, 4.69) is 39.1 Å². The number of rotatable bonds is 1. The first-order valence-corrected chi connectivity index (χ1v) is 6.92. The molecule has 126 valence electrons. The van der Waals surface area contributed by atoms with Crippen LogP contribution < -0.4 is 5.32 Å². The zero-order valence-corrected chi connectivity index (χ0v) is 13.1. The van der Waals surface area contributed by atoms with Crippen molar-refractivity contribution in [2.75, 3.05) is 13.1 Å². The summed E-state index contributed by atoms with van der Waals surface area (Å²) in [5.41, 5.74) is 0.784. The van der Waals surface area contributed by atoms with Gasteiger partial charge in [0.25, 0.3) is 0 Å². The Morgan fingerprint density at radius 2 is 1.73 bits per heavy atom. The molecule has 0 radical (unpaired) electrons. The number of alkyl halides is 3. The molecule has 22 heavy (non-hydrogen) atoms. The first kappa shape index (κ1) is 19.0. The molecule has 1 fully saturated rings.